The van der Waals surface area contributed by atoms with Crippen LogP contribution >= 0.6 is 11.3 Å². The van der Waals surface area contributed by atoms with Gasteiger partial charge in [-0.25, -0.2) is 4.98 Å². The third kappa shape index (κ3) is 2.75. The number of benzene rings is 2. The van der Waals surface area contributed by atoms with E-state index in [1.807, 2.05) is 54.6 Å². The number of anilines is 1. The van der Waals surface area contributed by atoms with Crippen LogP contribution in [0.25, 0.3) is 11.0 Å². The number of thiophene rings is 1. The summed E-state index contributed by atoms with van der Waals surface area (Å²) in [5, 5.41) is 12.5. The molecule has 2 aromatic carbocycles. The average Bonchev–Trinajstić information content (AvgIpc) is 3.47. The minimum absolute atomic E-state index is 0.0594. The molecule has 0 saturated carbocycles. The number of ketones is 1. The summed E-state index contributed by atoms with van der Waals surface area (Å²) in [5.74, 6) is -1.28. The van der Waals surface area contributed by atoms with Gasteiger partial charge >= 0.3 is 0 Å². The van der Waals surface area contributed by atoms with Gasteiger partial charge in [0.25, 0.3) is 5.91 Å². The Morgan fingerprint density at radius 1 is 1.03 bits per heavy atom. The first kappa shape index (κ1) is 17.4. The van der Waals surface area contributed by atoms with Crippen LogP contribution in [0.4, 0.5) is 5.95 Å². The average molecular weight is 401 g/mol. The topological polar surface area (TPSA) is 86.3 Å². The lowest BCUT2D eigenvalue weighted by atomic mass is 9.95. The van der Waals surface area contributed by atoms with Crippen molar-refractivity contribution in [3.05, 3.63) is 93.9 Å². The van der Waals surface area contributed by atoms with Crippen LogP contribution in [0.5, 0.6) is 0 Å². The van der Waals surface area contributed by atoms with E-state index in [9.17, 15) is 14.7 Å². The van der Waals surface area contributed by atoms with Crippen molar-refractivity contribution in [2.45, 2.75) is 6.04 Å². The Morgan fingerprint density at radius 2 is 1.79 bits per heavy atom. The Bertz CT molecular complexity index is 1230. The SMILES string of the molecule is O=C(C1=C(O)C(=O)N(c2nc3ccccc3[nH]2)C1c1ccccc1)c1cccs1. The maximum absolute atomic E-state index is 13.2. The molecule has 0 saturated heterocycles. The molecule has 1 amide bonds. The molecule has 0 spiro atoms. The van der Waals surface area contributed by atoms with Crippen molar-refractivity contribution in [2.24, 2.45) is 0 Å². The molecule has 5 rings (SSSR count). The molecule has 3 heterocycles. The van der Waals surface area contributed by atoms with Crippen LogP contribution in [0.3, 0.4) is 0 Å². The molecule has 1 aliphatic heterocycles. The number of amides is 1. The highest BCUT2D eigenvalue weighted by atomic mass is 32.1. The fourth-order valence-corrected chi connectivity index (χ4v) is 4.28. The van der Waals surface area contributed by atoms with E-state index in [2.05, 4.69) is 9.97 Å². The van der Waals surface area contributed by atoms with Gasteiger partial charge in [-0.2, -0.15) is 0 Å². The maximum atomic E-state index is 13.2. The van der Waals surface area contributed by atoms with Crippen molar-refractivity contribution in [1.82, 2.24) is 9.97 Å². The number of hydrogen-bond acceptors (Lipinski definition) is 5. The first-order chi connectivity index (χ1) is 14.1. The summed E-state index contributed by atoms with van der Waals surface area (Å²) in [6, 6.07) is 19.3. The number of aliphatic hydroxyl groups excluding tert-OH is 1. The van der Waals surface area contributed by atoms with Crippen LogP contribution in [0.1, 0.15) is 21.3 Å². The zero-order valence-electron chi connectivity index (χ0n) is 15.1. The number of fused-ring (bicyclic) bond motifs is 1. The van der Waals surface area contributed by atoms with Crippen molar-refractivity contribution in [3.63, 3.8) is 0 Å². The van der Waals surface area contributed by atoms with Crippen LogP contribution in [-0.2, 0) is 4.79 Å². The van der Waals surface area contributed by atoms with Crippen molar-refractivity contribution >= 4 is 40.0 Å². The minimum atomic E-state index is -0.779. The molecule has 0 radical (unpaired) electrons. The Labute approximate surface area is 169 Å². The summed E-state index contributed by atoms with van der Waals surface area (Å²) in [6.07, 6.45) is 0. The molecular formula is C22H15N3O3S. The Hall–Kier alpha value is -3.71. The molecule has 142 valence electrons. The number of aliphatic hydroxyl groups is 1. The van der Waals surface area contributed by atoms with Gasteiger partial charge in [0.05, 0.1) is 27.5 Å². The lowest BCUT2D eigenvalue weighted by Crippen LogP contribution is -2.31. The van der Waals surface area contributed by atoms with Gasteiger partial charge in [-0.05, 0) is 29.1 Å². The van der Waals surface area contributed by atoms with E-state index in [0.29, 0.717) is 16.0 Å². The predicted molar refractivity (Wildman–Crippen MR) is 111 cm³/mol. The summed E-state index contributed by atoms with van der Waals surface area (Å²) in [4.78, 5) is 35.7. The number of nitrogens with one attached hydrogen (secondary N) is 1. The highest BCUT2D eigenvalue weighted by Crippen LogP contribution is 2.41. The Morgan fingerprint density at radius 3 is 2.52 bits per heavy atom. The number of carbonyl (C=O) groups excluding carboxylic acids is 2. The molecule has 1 unspecified atom stereocenters. The van der Waals surface area contributed by atoms with Crippen molar-refractivity contribution in [2.75, 3.05) is 4.90 Å². The monoisotopic (exact) mass is 401 g/mol. The van der Waals surface area contributed by atoms with E-state index >= 15 is 0 Å². The van der Waals surface area contributed by atoms with Gasteiger partial charge in [0, 0.05) is 0 Å². The number of hydrogen-bond donors (Lipinski definition) is 2. The summed E-state index contributed by atoms with van der Waals surface area (Å²) < 4.78 is 0. The van der Waals surface area contributed by atoms with Crippen molar-refractivity contribution in [1.29, 1.82) is 0 Å². The first-order valence-electron chi connectivity index (χ1n) is 9.00. The van der Waals surface area contributed by atoms with Gasteiger partial charge < -0.3 is 10.1 Å². The quantitative estimate of drug-likeness (QED) is 0.496. The molecule has 29 heavy (non-hydrogen) atoms. The summed E-state index contributed by atoms with van der Waals surface area (Å²) in [5.41, 5.74) is 2.23. The second kappa shape index (κ2) is 6.72. The number of nitrogens with zero attached hydrogens (tertiary/aromatic N) is 2. The van der Waals surface area contributed by atoms with Gasteiger partial charge in [-0.15, -0.1) is 11.3 Å². The smallest absolute Gasteiger partial charge is 0.296 e. The number of imidazole rings is 1. The van der Waals surface area contributed by atoms with Gasteiger partial charge in [-0.1, -0.05) is 48.5 Å². The van der Waals surface area contributed by atoms with E-state index in [-0.39, 0.29) is 17.3 Å². The van der Waals surface area contributed by atoms with Crippen LogP contribution in [0, 0.1) is 0 Å². The molecular weight excluding hydrogens is 386 g/mol. The maximum Gasteiger partial charge on any atom is 0.296 e. The zero-order valence-corrected chi connectivity index (χ0v) is 15.9. The molecule has 0 aliphatic carbocycles. The predicted octanol–water partition coefficient (Wildman–Crippen LogP) is 4.41. The first-order valence-corrected chi connectivity index (χ1v) is 9.87. The van der Waals surface area contributed by atoms with Crippen molar-refractivity contribution < 1.29 is 14.7 Å². The third-order valence-electron chi connectivity index (χ3n) is 4.92. The number of Topliss-reactive ketones (excluding diaryl/α,β-unsaturated/α-hetero) is 1. The molecule has 7 heteroatoms. The molecule has 6 nitrogen and oxygen atoms in total. The molecule has 4 aromatic rings. The number of carbonyl (C=O) groups is 2. The van der Waals surface area contributed by atoms with Crippen LogP contribution in [0.15, 0.2) is 83.4 Å². The third-order valence-corrected chi connectivity index (χ3v) is 5.79. The molecule has 2 N–H and O–H groups in total. The second-order valence-electron chi connectivity index (χ2n) is 6.63. The van der Waals surface area contributed by atoms with E-state index < -0.39 is 17.7 Å². The van der Waals surface area contributed by atoms with E-state index in [0.717, 1.165) is 5.52 Å². The lowest BCUT2D eigenvalue weighted by molar-refractivity contribution is -0.117. The molecule has 2 aromatic heterocycles. The summed E-state index contributed by atoms with van der Waals surface area (Å²) in [7, 11) is 0. The van der Waals surface area contributed by atoms with Gasteiger partial charge in [0.2, 0.25) is 11.7 Å². The molecule has 1 atom stereocenters. The van der Waals surface area contributed by atoms with Gasteiger partial charge in [0.15, 0.2) is 5.76 Å². The second-order valence-corrected chi connectivity index (χ2v) is 7.58. The number of H-pyrrole nitrogens is 1. The summed E-state index contributed by atoms with van der Waals surface area (Å²) in [6.45, 7) is 0. The number of aromatic nitrogens is 2. The minimum Gasteiger partial charge on any atom is -0.503 e. The normalized spacial score (nSPS) is 16.8. The molecule has 0 fully saturated rings. The standard InChI is InChI=1S/C22H15N3O3S/c26-19(16-11-6-12-29-16)17-18(13-7-2-1-3-8-13)25(21(28)20(17)27)22-23-14-9-4-5-10-15(14)24-22/h1-12,18,27H,(H,23,24). The van der Waals surface area contributed by atoms with E-state index in [1.165, 1.54) is 16.2 Å². The largest absolute Gasteiger partial charge is 0.503 e. The zero-order chi connectivity index (χ0) is 20.0. The number of para-hydroxylation sites is 2. The molecule has 0 bridgehead atoms. The van der Waals surface area contributed by atoms with Gasteiger partial charge in [0.1, 0.15) is 0 Å². The number of aromatic amines is 1. The Balaban J connectivity index is 1.69. The Kier molecular flexibility index (Phi) is 4.03. The fourth-order valence-electron chi connectivity index (χ4n) is 3.60. The molecule has 1 aliphatic rings. The van der Waals surface area contributed by atoms with Crippen LogP contribution in [-0.4, -0.2) is 26.8 Å². The lowest BCUT2D eigenvalue weighted by Gasteiger charge is -2.24. The van der Waals surface area contributed by atoms with E-state index in [4.69, 9.17) is 0 Å². The van der Waals surface area contributed by atoms with Crippen molar-refractivity contribution in [3.8, 4) is 0 Å². The summed E-state index contributed by atoms with van der Waals surface area (Å²) >= 11 is 1.27. The van der Waals surface area contributed by atoms with Gasteiger partial charge in [-0.3, -0.25) is 14.5 Å². The highest BCUT2D eigenvalue weighted by molar-refractivity contribution is 7.12. The highest BCUT2D eigenvalue weighted by Gasteiger charge is 2.46. The van der Waals surface area contributed by atoms with Crippen LogP contribution in [0.2, 0.25) is 0 Å². The number of rotatable bonds is 4. The fraction of sp³-hybridized carbons (Fsp3) is 0.0455. The van der Waals surface area contributed by atoms with Crippen LogP contribution < -0.4 is 4.90 Å². The van der Waals surface area contributed by atoms with E-state index in [1.54, 1.807) is 17.5 Å².